The zero-order chi connectivity index (χ0) is 21.3. The quantitative estimate of drug-likeness (QED) is 0.262. The van der Waals surface area contributed by atoms with Crippen LogP contribution in [0.3, 0.4) is 0 Å². The maximum atomic E-state index is 13.0. The van der Waals surface area contributed by atoms with Gasteiger partial charge in [0.25, 0.3) is 5.91 Å². The third-order valence-electron chi connectivity index (χ3n) is 4.46. The van der Waals surface area contributed by atoms with Crippen LogP contribution in [0.2, 0.25) is 0 Å². The molecular formula is C24H23IN2O3. The standard InChI is InChI=1S/C24H23IN2O3/c1-3-30-23-20(25)14-17(15-21(23)29-2)16-26-27-24(28)22(18-10-6-4-7-11-18)19-12-8-5-9-13-19/h4-16,22H,3H2,1-2H3,(H,27,28)/b26-16+. The van der Waals surface area contributed by atoms with Gasteiger partial charge in [0, 0.05) is 0 Å². The first kappa shape index (κ1) is 21.8. The van der Waals surface area contributed by atoms with Crippen LogP contribution in [-0.4, -0.2) is 25.8 Å². The molecule has 0 heterocycles. The van der Waals surface area contributed by atoms with Gasteiger partial charge in [-0.2, -0.15) is 5.10 Å². The molecule has 0 bridgehead atoms. The molecule has 0 spiro atoms. The molecule has 6 heteroatoms. The van der Waals surface area contributed by atoms with Crippen LogP contribution in [0.4, 0.5) is 0 Å². The summed E-state index contributed by atoms with van der Waals surface area (Å²) in [4.78, 5) is 13.0. The van der Waals surface area contributed by atoms with Crippen LogP contribution in [0.1, 0.15) is 29.5 Å². The van der Waals surface area contributed by atoms with Crippen LogP contribution < -0.4 is 14.9 Å². The molecule has 3 rings (SSSR count). The SMILES string of the molecule is CCOc1c(I)cc(/C=N/NC(=O)C(c2ccccc2)c2ccccc2)cc1OC. The molecule has 0 aliphatic heterocycles. The predicted octanol–water partition coefficient (Wildman–Crippen LogP) is 4.98. The van der Waals surface area contributed by atoms with E-state index in [1.807, 2.05) is 79.7 Å². The zero-order valence-corrected chi connectivity index (χ0v) is 19.0. The first-order chi connectivity index (χ1) is 14.6. The molecule has 0 fully saturated rings. The number of benzene rings is 3. The van der Waals surface area contributed by atoms with E-state index in [0.717, 1.165) is 20.3 Å². The van der Waals surface area contributed by atoms with Gasteiger partial charge < -0.3 is 9.47 Å². The summed E-state index contributed by atoms with van der Waals surface area (Å²) in [6.45, 7) is 2.48. The number of nitrogens with zero attached hydrogens (tertiary/aromatic N) is 1. The van der Waals surface area contributed by atoms with Gasteiger partial charge in [-0.3, -0.25) is 4.79 Å². The van der Waals surface area contributed by atoms with Crippen molar-refractivity contribution in [3.05, 3.63) is 93.1 Å². The molecule has 154 valence electrons. The lowest BCUT2D eigenvalue weighted by Gasteiger charge is -2.16. The van der Waals surface area contributed by atoms with Crippen molar-refractivity contribution >= 4 is 34.7 Å². The Kier molecular flexibility index (Phi) is 7.84. The second-order valence-electron chi connectivity index (χ2n) is 6.46. The monoisotopic (exact) mass is 514 g/mol. The number of amides is 1. The molecule has 5 nitrogen and oxygen atoms in total. The summed E-state index contributed by atoms with van der Waals surface area (Å²) in [5.74, 6) is 0.689. The summed E-state index contributed by atoms with van der Waals surface area (Å²) in [5.41, 5.74) is 5.30. The highest BCUT2D eigenvalue weighted by Gasteiger charge is 2.22. The van der Waals surface area contributed by atoms with Gasteiger partial charge in [0.15, 0.2) is 11.5 Å². The Morgan fingerprint density at radius 1 is 1.07 bits per heavy atom. The van der Waals surface area contributed by atoms with E-state index in [9.17, 15) is 4.79 Å². The average Bonchev–Trinajstić information content (AvgIpc) is 2.77. The maximum Gasteiger partial charge on any atom is 0.252 e. The minimum Gasteiger partial charge on any atom is -0.493 e. The third-order valence-corrected chi connectivity index (χ3v) is 5.26. The van der Waals surface area contributed by atoms with E-state index in [2.05, 4.69) is 33.1 Å². The van der Waals surface area contributed by atoms with E-state index < -0.39 is 5.92 Å². The molecule has 0 aliphatic carbocycles. The van der Waals surface area contributed by atoms with Crippen molar-refractivity contribution < 1.29 is 14.3 Å². The Balaban J connectivity index is 1.80. The molecule has 0 radical (unpaired) electrons. The molecule has 1 amide bonds. The van der Waals surface area contributed by atoms with E-state index in [1.54, 1.807) is 13.3 Å². The Morgan fingerprint density at radius 3 is 2.20 bits per heavy atom. The molecular weight excluding hydrogens is 491 g/mol. The topological polar surface area (TPSA) is 59.9 Å². The van der Waals surface area contributed by atoms with E-state index in [1.165, 1.54) is 0 Å². The van der Waals surface area contributed by atoms with Crippen LogP contribution in [0, 0.1) is 3.57 Å². The summed E-state index contributed by atoms with van der Waals surface area (Å²) < 4.78 is 12.0. The normalized spacial score (nSPS) is 10.9. The van der Waals surface area contributed by atoms with Gasteiger partial charge >= 0.3 is 0 Å². The fourth-order valence-corrected chi connectivity index (χ4v) is 3.90. The van der Waals surface area contributed by atoms with Gasteiger partial charge in [0.1, 0.15) is 0 Å². The predicted molar refractivity (Wildman–Crippen MR) is 127 cm³/mol. The molecule has 0 unspecified atom stereocenters. The molecule has 3 aromatic carbocycles. The maximum absolute atomic E-state index is 13.0. The molecule has 0 atom stereocenters. The van der Waals surface area contributed by atoms with Gasteiger partial charge in [-0.1, -0.05) is 60.7 Å². The van der Waals surface area contributed by atoms with Gasteiger partial charge in [-0.15, -0.1) is 0 Å². The van der Waals surface area contributed by atoms with Crippen LogP contribution in [0.25, 0.3) is 0 Å². The molecule has 30 heavy (non-hydrogen) atoms. The highest BCUT2D eigenvalue weighted by atomic mass is 127. The summed E-state index contributed by atoms with van der Waals surface area (Å²) >= 11 is 2.20. The number of hydrogen-bond acceptors (Lipinski definition) is 4. The van der Waals surface area contributed by atoms with E-state index >= 15 is 0 Å². The second-order valence-corrected chi connectivity index (χ2v) is 7.62. The van der Waals surface area contributed by atoms with Crippen LogP contribution in [-0.2, 0) is 4.79 Å². The minimum absolute atomic E-state index is 0.198. The summed E-state index contributed by atoms with van der Waals surface area (Å²) in [6, 6.07) is 23.1. The van der Waals surface area contributed by atoms with Gasteiger partial charge in [-0.25, -0.2) is 5.43 Å². The van der Waals surface area contributed by atoms with Gasteiger partial charge in [-0.05, 0) is 58.3 Å². The number of carbonyl (C=O) groups is 1. The zero-order valence-electron chi connectivity index (χ0n) is 16.8. The Hall–Kier alpha value is -2.87. The van der Waals surface area contributed by atoms with Crippen molar-refractivity contribution in [1.82, 2.24) is 5.43 Å². The third kappa shape index (κ3) is 5.38. The highest BCUT2D eigenvalue weighted by Crippen LogP contribution is 2.33. The molecule has 1 N–H and O–H groups in total. The first-order valence-corrected chi connectivity index (χ1v) is 10.6. The van der Waals surface area contributed by atoms with Crippen molar-refractivity contribution in [1.29, 1.82) is 0 Å². The summed E-state index contributed by atoms with van der Waals surface area (Å²) in [6.07, 6.45) is 1.60. The second kappa shape index (κ2) is 10.8. The van der Waals surface area contributed by atoms with Gasteiger partial charge in [0.2, 0.25) is 0 Å². The average molecular weight is 514 g/mol. The van der Waals surface area contributed by atoms with Crippen LogP contribution in [0.15, 0.2) is 77.9 Å². The number of rotatable bonds is 8. The number of ether oxygens (including phenoxy) is 2. The van der Waals surface area contributed by atoms with Gasteiger partial charge in [0.05, 0.1) is 29.4 Å². The van der Waals surface area contributed by atoms with E-state index in [0.29, 0.717) is 18.1 Å². The van der Waals surface area contributed by atoms with Crippen molar-refractivity contribution in [2.24, 2.45) is 5.10 Å². The molecule has 0 aliphatic rings. The number of hydrogen-bond donors (Lipinski definition) is 1. The summed E-state index contributed by atoms with van der Waals surface area (Å²) in [7, 11) is 1.60. The minimum atomic E-state index is -0.445. The van der Waals surface area contributed by atoms with E-state index in [-0.39, 0.29) is 5.91 Å². The fourth-order valence-electron chi connectivity index (χ4n) is 3.12. The number of halogens is 1. The lowest BCUT2D eigenvalue weighted by molar-refractivity contribution is -0.121. The smallest absolute Gasteiger partial charge is 0.252 e. The number of hydrazone groups is 1. The molecule has 0 aromatic heterocycles. The van der Waals surface area contributed by atoms with E-state index in [4.69, 9.17) is 9.47 Å². The Morgan fingerprint density at radius 2 is 1.67 bits per heavy atom. The van der Waals surface area contributed by atoms with Crippen LogP contribution >= 0.6 is 22.6 Å². The Labute approximate surface area is 190 Å². The fraction of sp³-hybridized carbons (Fsp3) is 0.167. The van der Waals surface area contributed by atoms with Crippen molar-refractivity contribution in [3.8, 4) is 11.5 Å². The molecule has 3 aromatic rings. The largest absolute Gasteiger partial charge is 0.493 e. The molecule has 0 saturated heterocycles. The number of methoxy groups -OCH3 is 1. The van der Waals surface area contributed by atoms with Crippen LogP contribution in [0.5, 0.6) is 11.5 Å². The lowest BCUT2D eigenvalue weighted by Crippen LogP contribution is -2.26. The van der Waals surface area contributed by atoms with Crippen molar-refractivity contribution in [3.63, 3.8) is 0 Å². The summed E-state index contributed by atoms with van der Waals surface area (Å²) in [5, 5.41) is 4.18. The number of nitrogens with one attached hydrogen (secondary N) is 1. The highest BCUT2D eigenvalue weighted by molar-refractivity contribution is 14.1. The van der Waals surface area contributed by atoms with Crippen molar-refractivity contribution in [2.45, 2.75) is 12.8 Å². The van der Waals surface area contributed by atoms with Crippen molar-refractivity contribution in [2.75, 3.05) is 13.7 Å². The number of carbonyl (C=O) groups excluding carboxylic acids is 1. The molecule has 0 saturated carbocycles. The Bertz CT molecular complexity index is 968. The lowest BCUT2D eigenvalue weighted by atomic mass is 9.91. The first-order valence-electron chi connectivity index (χ1n) is 9.57.